The molecule has 114 valence electrons. The lowest BCUT2D eigenvalue weighted by Gasteiger charge is -2.06. The van der Waals surface area contributed by atoms with Crippen LogP contribution in [0.3, 0.4) is 0 Å². The zero-order valence-electron chi connectivity index (χ0n) is 12.2. The number of nitrogens with zero attached hydrogens (tertiary/aromatic N) is 2. The summed E-state index contributed by atoms with van der Waals surface area (Å²) in [5, 5.41) is 2.66. The maximum Gasteiger partial charge on any atom is 0.256 e. The number of aromatic nitrogens is 2. The highest BCUT2D eigenvalue weighted by atomic mass is 19.1. The minimum Gasteiger partial charge on any atom is -0.307 e. The van der Waals surface area contributed by atoms with Gasteiger partial charge in [0.1, 0.15) is 12.5 Å². The molecule has 3 rings (SSSR count). The number of carbonyl (C=O) groups excluding carboxylic acids is 1. The maximum atomic E-state index is 12.6. The Bertz CT molecular complexity index is 804. The molecule has 5 heteroatoms. The lowest BCUT2D eigenvalue weighted by atomic mass is 10.1. The largest absolute Gasteiger partial charge is 0.307 e. The van der Waals surface area contributed by atoms with Crippen molar-refractivity contribution in [3.05, 3.63) is 78.2 Å². The number of carbonyl (C=O) groups is 1. The standard InChI is InChI=1S/C18H14FN3O/c19-11-13-7-9-21-17(10-13)22-18(23)15-5-3-14(4-6-15)16-2-1-8-20-12-16/h1-10,12H,11H2,(H,21,22,23). The third kappa shape index (κ3) is 3.58. The normalized spacial score (nSPS) is 10.3. The molecular formula is C18H14FN3O. The van der Waals surface area contributed by atoms with Crippen molar-refractivity contribution in [1.29, 1.82) is 0 Å². The summed E-state index contributed by atoms with van der Waals surface area (Å²) in [6.45, 7) is -0.592. The van der Waals surface area contributed by atoms with Crippen molar-refractivity contribution >= 4 is 11.7 Å². The predicted molar refractivity (Wildman–Crippen MR) is 86.7 cm³/mol. The van der Waals surface area contributed by atoms with Gasteiger partial charge in [-0.1, -0.05) is 18.2 Å². The molecule has 0 saturated carbocycles. The Morgan fingerprint density at radius 2 is 1.87 bits per heavy atom. The Kier molecular flexibility index (Phi) is 4.38. The van der Waals surface area contributed by atoms with E-state index in [2.05, 4.69) is 15.3 Å². The maximum absolute atomic E-state index is 12.6. The molecule has 0 bridgehead atoms. The first-order chi connectivity index (χ1) is 11.3. The molecule has 0 aliphatic heterocycles. The number of hydrogen-bond acceptors (Lipinski definition) is 3. The highest BCUT2D eigenvalue weighted by Gasteiger charge is 2.08. The van der Waals surface area contributed by atoms with Crippen molar-refractivity contribution in [1.82, 2.24) is 9.97 Å². The van der Waals surface area contributed by atoms with Crippen LogP contribution in [0.5, 0.6) is 0 Å². The molecule has 2 heterocycles. The Morgan fingerprint density at radius 1 is 1.04 bits per heavy atom. The van der Waals surface area contributed by atoms with Gasteiger partial charge in [-0.25, -0.2) is 9.37 Å². The number of amides is 1. The van der Waals surface area contributed by atoms with Gasteiger partial charge < -0.3 is 5.32 Å². The molecule has 1 N–H and O–H groups in total. The summed E-state index contributed by atoms with van der Waals surface area (Å²) < 4.78 is 12.6. The van der Waals surface area contributed by atoms with Crippen LogP contribution in [0.1, 0.15) is 15.9 Å². The zero-order chi connectivity index (χ0) is 16.1. The van der Waals surface area contributed by atoms with Crippen molar-refractivity contribution < 1.29 is 9.18 Å². The molecule has 0 saturated heterocycles. The van der Waals surface area contributed by atoms with E-state index in [9.17, 15) is 9.18 Å². The molecule has 1 aromatic carbocycles. The predicted octanol–water partition coefficient (Wildman–Crippen LogP) is 3.87. The molecule has 0 aliphatic carbocycles. The van der Waals surface area contributed by atoms with Crippen molar-refractivity contribution in [2.45, 2.75) is 6.67 Å². The van der Waals surface area contributed by atoms with Gasteiger partial charge in [0.05, 0.1) is 0 Å². The highest BCUT2D eigenvalue weighted by molar-refractivity contribution is 6.04. The molecule has 0 fully saturated rings. The van der Waals surface area contributed by atoms with Gasteiger partial charge in [-0.05, 0) is 47.0 Å². The molecule has 23 heavy (non-hydrogen) atoms. The number of nitrogens with one attached hydrogen (secondary N) is 1. The molecular weight excluding hydrogens is 293 g/mol. The second-order valence-corrected chi connectivity index (χ2v) is 4.96. The van der Waals surface area contributed by atoms with Crippen LogP contribution < -0.4 is 5.32 Å². The van der Waals surface area contributed by atoms with Crippen LogP contribution in [-0.4, -0.2) is 15.9 Å². The van der Waals surface area contributed by atoms with Gasteiger partial charge in [0.25, 0.3) is 5.91 Å². The van der Waals surface area contributed by atoms with Crippen LogP contribution in [0.4, 0.5) is 10.2 Å². The summed E-state index contributed by atoms with van der Waals surface area (Å²) >= 11 is 0. The van der Waals surface area contributed by atoms with Crippen LogP contribution in [0.2, 0.25) is 0 Å². The molecule has 0 radical (unpaired) electrons. The number of hydrogen-bond donors (Lipinski definition) is 1. The van der Waals surface area contributed by atoms with Crippen LogP contribution in [0.25, 0.3) is 11.1 Å². The van der Waals surface area contributed by atoms with E-state index < -0.39 is 6.67 Å². The van der Waals surface area contributed by atoms with Crippen LogP contribution in [-0.2, 0) is 6.67 Å². The molecule has 0 spiro atoms. The minimum atomic E-state index is -0.592. The first-order valence-corrected chi connectivity index (χ1v) is 7.09. The summed E-state index contributed by atoms with van der Waals surface area (Å²) in [7, 11) is 0. The van der Waals surface area contributed by atoms with E-state index in [1.807, 2.05) is 24.3 Å². The summed E-state index contributed by atoms with van der Waals surface area (Å²) in [5.74, 6) is 0.0488. The fraction of sp³-hybridized carbons (Fsp3) is 0.0556. The van der Waals surface area contributed by atoms with Gasteiger partial charge in [0.2, 0.25) is 0 Å². The molecule has 0 aliphatic rings. The quantitative estimate of drug-likeness (QED) is 0.796. The Hall–Kier alpha value is -3.08. The van der Waals surface area contributed by atoms with E-state index in [1.165, 1.54) is 12.3 Å². The SMILES string of the molecule is O=C(Nc1cc(CF)ccn1)c1ccc(-c2cccnc2)cc1. The molecule has 4 nitrogen and oxygen atoms in total. The highest BCUT2D eigenvalue weighted by Crippen LogP contribution is 2.19. The first kappa shape index (κ1) is 14.8. The van der Waals surface area contributed by atoms with E-state index in [-0.39, 0.29) is 5.91 Å². The molecule has 0 atom stereocenters. The zero-order valence-corrected chi connectivity index (χ0v) is 12.2. The van der Waals surface area contributed by atoms with Crippen molar-refractivity contribution in [2.75, 3.05) is 5.32 Å². The topological polar surface area (TPSA) is 54.9 Å². The minimum absolute atomic E-state index is 0.286. The number of alkyl halides is 1. The summed E-state index contributed by atoms with van der Waals surface area (Å²) in [5.41, 5.74) is 2.94. The van der Waals surface area contributed by atoms with Crippen LogP contribution in [0.15, 0.2) is 67.1 Å². The van der Waals surface area contributed by atoms with E-state index in [1.54, 1.807) is 30.6 Å². The Labute approximate surface area is 133 Å². The van der Waals surface area contributed by atoms with Gasteiger partial charge in [0, 0.05) is 24.2 Å². The number of halogens is 1. The monoisotopic (exact) mass is 307 g/mol. The molecule has 0 unspecified atom stereocenters. The first-order valence-electron chi connectivity index (χ1n) is 7.09. The molecule has 3 aromatic rings. The average molecular weight is 307 g/mol. The lowest BCUT2D eigenvalue weighted by Crippen LogP contribution is -2.12. The van der Waals surface area contributed by atoms with Gasteiger partial charge in [-0.2, -0.15) is 0 Å². The third-order valence-electron chi connectivity index (χ3n) is 3.36. The van der Waals surface area contributed by atoms with Crippen LogP contribution >= 0.6 is 0 Å². The van der Waals surface area contributed by atoms with Crippen LogP contribution in [0, 0.1) is 0 Å². The smallest absolute Gasteiger partial charge is 0.256 e. The van der Waals surface area contributed by atoms with Gasteiger partial charge in [-0.3, -0.25) is 9.78 Å². The number of pyridine rings is 2. The number of rotatable bonds is 4. The lowest BCUT2D eigenvalue weighted by molar-refractivity contribution is 0.102. The Balaban J connectivity index is 1.75. The van der Waals surface area contributed by atoms with E-state index in [0.29, 0.717) is 16.9 Å². The fourth-order valence-corrected chi connectivity index (χ4v) is 2.16. The van der Waals surface area contributed by atoms with Crippen molar-refractivity contribution in [3.63, 3.8) is 0 Å². The van der Waals surface area contributed by atoms with Gasteiger partial charge in [-0.15, -0.1) is 0 Å². The third-order valence-corrected chi connectivity index (χ3v) is 3.36. The Morgan fingerprint density at radius 3 is 2.57 bits per heavy atom. The molecule has 2 aromatic heterocycles. The van der Waals surface area contributed by atoms with E-state index in [4.69, 9.17) is 0 Å². The van der Waals surface area contributed by atoms with E-state index >= 15 is 0 Å². The second kappa shape index (κ2) is 6.79. The summed E-state index contributed by atoms with van der Waals surface area (Å²) in [4.78, 5) is 20.3. The van der Waals surface area contributed by atoms with Crippen molar-refractivity contribution in [3.8, 4) is 11.1 Å². The summed E-state index contributed by atoms with van der Waals surface area (Å²) in [6, 6.07) is 14.1. The van der Waals surface area contributed by atoms with E-state index in [0.717, 1.165) is 11.1 Å². The second-order valence-electron chi connectivity index (χ2n) is 4.96. The number of benzene rings is 1. The average Bonchev–Trinajstić information content (AvgIpc) is 2.63. The molecule has 1 amide bonds. The van der Waals surface area contributed by atoms with Crippen molar-refractivity contribution in [2.24, 2.45) is 0 Å². The number of anilines is 1. The fourth-order valence-electron chi connectivity index (χ4n) is 2.16. The summed E-state index contributed by atoms with van der Waals surface area (Å²) in [6.07, 6.45) is 4.95. The van der Waals surface area contributed by atoms with Gasteiger partial charge >= 0.3 is 0 Å². The van der Waals surface area contributed by atoms with Gasteiger partial charge in [0.15, 0.2) is 0 Å².